The number of benzene rings is 1. The number of aromatic nitrogens is 2. The van der Waals surface area contributed by atoms with E-state index in [0.29, 0.717) is 35.7 Å². The molecular formula is C12H15N3O3. The van der Waals surface area contributed by atoms with Crippen molar-refractivity contribution >= 4 is 22.7 Å². The Bertz CT molecular complexity index is 577. The minimum atomic E-state index is -0.494. The van der Waals surface area contributed by atoms with Crippen LogP contribution in [0.2, 0.25) is 0 Å². The van der Waals surface area contributed by atoms with E-state index in [9.17, 15) is 4.79 Å². The summed E-state index contributed by atoms with van der Waals surface area (Å²) in [6.07, 6.45) is 0. The number of carbonyl (C=O) groups excluding carboxylic acids is 1. The van der Waals surface area contributed by atoms with Crippen LogP contribution in [0.3, 0.4) is 0 Å². The maximum absolute atomic E-state index is 11.5. The van der Waals surface area contributed by atoms with Gasteiger partial charge in [0, 0.05) is 0 Å². The molecule has 6 nitrogen and oxygen atoms in total. The lowest BCUT2D eigenvalue weighted by atomic mass is 10.2. The molecule has 0 unspecified atom stereocenters. The van der Waals surface area contributed by atoms with Gasteiger partial charge in [0.05, 0.1) is 24.2 Å². The summed E-state index contributed by atoms with van der Waals surface area (Å²) in [6, 6.07) is 3.48. The van der Waals surface area contributed by atoms with Crippen LogP contribution < -0.4 is 10.5 Å². The zero-order valence-electron chi connectivity index (χ0n) is 10.3. The third kappa shape index (κ3) is 2.09. The van der Waals surface area contributed by atoms with E-state index < -0.39 is 5.97 Å². The van der Waals surface area contributed by atoms with E-state index in [1.165, 1.54) is 0 Å². The van der Waals surface area contributed by atoms with E-state index in [4.69, 9.17) is 15.2 Å². The van der Waals surface area contributed by atoms with Gasteiger partial charge in [0.15, 0.2) is 0 Å². The fourth-order valence-electron chi connectivity index (χ4n) is 1.66. The first kappa shape index (κ1) is 12.2. The Labute approximate surface area is 104 Å². The summed E-state index contributed by atoms with van der Waals surface area (Å²) >= 11 is 0. The Balaban J connectivity index is 2.45. The topological polar surface area (TPSA) is 90.2 Å². The number of anilines is 1. The molecule has 96 valence electrons. The Morgan fingerprint density at radius 3 is 2.83 bits per heavy atom. The number of aromatic amines is 1. The molecule has 0 atom stereocenters. The van der Waals surface area contributed by atoms with Crippen molar-refractivity contribution in [3.05, 3.63) is 18.0 Å². The van der Waals surface area contributed by atoms with E-state index in [0.717, 1.165) is 0 Å². The molecule has 2 rings (SSSR count). The Hall–Kier alpha value is -2.24. The van der Waals surface area contributed by atoms with Crippen molar-refractivity contribution in [3.63, 3.8) is 0 Å². The van der Waals surface area contributed by atoms with Gasteiger partial charge in [0.25, 0.3) is 0 Å². The number of esters is 1. The number of imidazole rings is 1. The van der Waals surface area contributed by atoms with Gasteiger partial charge in [-0.3, -0.25) is 0 Å². The van der Waals surface area contributed by atoms with Gasteiger partial charge in [-0.15, -0.1) is 0 Å². The number of ether oxygens (including phenoxy) is 2. The van der Waals surface area contributed by atoms with E-state index in [2.05, 4.69) is 9.97 Å². The number of H-pyrrole nitrogens is 1. The standard InChI is InChI=1S/C12H15N3O3/c1-3-17-8-6-5-7-10(9(8)13)15-11(14-7)12(16)18-4-2/h5-6H,3-4,13H2,1-2H3,(H,14,15). The van der Waals surface area contributed by atoms with Crippen LogP contribution in [0.15, 0.2) is 12.1 Å². The van der Waals surface area contributed by atoms with Gasteiger partial charge in [-0.2, -0.15) is 0 Å². The average molecular weight is 249 g/mol. The van der Waals surface area contributed by atoms with Crippen LogP contribution in [0, 0.1) is 0 Å². The number of nitrogens with two attached hydrogens (primary N) is 1. The lowest BCUT2D eigenvalue weighted by Gasteiger charge is -2.06. The highest BCUT2D eigenvalue weighted by Gasteiger charge is 2.15. The second-order valence-electron chi connectivity index (χ2n) is 3.61. The molecule has 3 N–H and O–H groups in total. The predicted octanol–water partition coefficient (Wildman–Crippen LogP) is 1.72. The van der Waals surface area contributed by atoms with Crippen molar-refractivity contribution in [1.29, 1.82) is 0 Å². The molecule has 0 amide bonds. The van der Waals surface area contributed by atoms with Crippen LogP contribution in [-0.4, -0.2) is 29.2 Å². The van der Waals surface area contributed by atoms with Crippen molar-refractivity contribution < 1.29 is 14.3 Å². The van der Waals surface area contributed by atoms with Gasteiger partial charge < -0.3 is 20.2 Å². The zero-order chi connectivity index (χ0) is 13.1. The number of hydrogen-bond donors (Lipinski definition) is 2. The van der Waals surface area contributed by atoms with Crippen LogP contribution in [-0.2, 0) is 4.74 Å². The SMILES string of the molecule is CCOC(=O)c1nc2ccc(OCC)c(N)c2[nH]1. The average Bonchev–Trinajstić information content (AvgIpc) is 2.78. The molecule has 0 spiro atoms. The number of nitrogens with zero attached hydrogens (tertiary/aromatic N) is 1. The van der Waals surface area contributed by atoms with Gasteiger partial charge in [-0.1, -0.05) is 0 Å². The summed E-state index contributed by atoms with van der Waals surface area (Å²) < 4.78 is 10.2. The summed E-state index contributed by atoms with van der Waals surface area (Å²) in [5, 5.41) is 0. The maximum Gasteiger partial charge on any atom is 0.374 e. The number of carbonyl (C=O) groups is 1. The van der Waals surface area contributed by atoms with E-state index in [-0.39, 0.29) is 5.82 Å². The van der Waals surface area contributed by atoms with Gasteiger partial charge in [0.2, 0.25) is 5.82 Å². The third-order valence-corrected chi connectivity index (χ3v) is 2.43. The summed E-state index contributed by atoms with van der Waals surface area (Å²) in [7, 11) is 0. The normalized spacial score (nSPS) is 10.6. The number of hydrogen-bond acceptors (Lipinski definition) is 5. The smallest absolute Gasteiger partial charge is 0.374 e. The molecule has 0 saturated heterocycles. The fourth-order valence-corrected chi connectivity index (χ4v) is 1.66. The molecule has 0 fully saturated rings. The lowest BCUT2D eigenvalue weighted by Crippen LogP contribution is -2.06. The second-order valence-corrected chi connectivity index (χ2v) is 3.61. The fraction of sp³-hybridized carbons (Fsp3) is 0.333. The summed E-state index contributed by atoms with van der Waals surface area (Å²) in [5.74, 6) is 0.224. The van der Waals surface area contributed by atoms with Crippen molar-refractivity contribution in [2.24, 2.45) is 0 Å². The second kappa shape index (κ2) is 4.95. The van der Waals surface area contributed by atoms with Crippen molar-refractivity contribution in [2.75, 3.05) is 18.9 Å². The van der Waals surface area contributed by atoms with Crippen LogP contribution in [0.5, 0.6) is 5.75 Å². The van der Waals surface area contributed by atoms with Gasteiger partial charge in [-0.05, 0) is 26.0 Å². The Kier molecular flexibility index (Phi) is 3.36. The molecule has 2 aromatic rings. The maximum atomic E-state index is 11.5. The van der Waals surface area contributed by atoms with E-state index in [1.54, 1.807) is 19.1 Å². The number of rotatable bonds is 4. The first-order valence-corrected chi connectivity index (χ1v) is 5.75. The molecule has 1 aromatic carbocycles. The van der Waals surface area contributed by atoms with Gasteiger partial charge in [0.1, 0.15) is 11.4 Å². The highest BCUT2D eigenvalue weighted by molar-refractivity contribution is 5.96. The molecule has 18 heavy (non-hydrogen) atoms. The van der Waals surface area contributed by atoms with Crippen molar-refractivity contribution in [3.8, 4) is 5.75 Å². The molecule has 6 heteroatoms. The molecular weight excluding hydrogens is 234 g/mol. The molecule has 0 bridgehead atoms. The Morgan fingerprint density at radius 1 is 1.39 bits per heavy atom. The summed E-state index contributed by atoms with van der Waals surface area (Å²) in [6.45, 7) is 4.44. The van der Waals surface area contributed by atoms with E-state index >= 15 is 0 Å². The van der Waals surface area contributed by atoms with Crippen LogP contribution in [0.4, 0.5) is 5.69 Å². The number of nitrogens with one attached hydrogen (secondary N) is 1. The zero-order valence-corrected chi connectivity index (χ0v) is 10.3. The minimum absolute atomic E-state index is 0.146. The number of nitrogen functional groups attached to an aromatic ring is 1. The van der Waals surface area contributed by atoms with Crippen molar-refractivity contribution in [2.45, 2.75) is 13.8 Å². The number of fused-ring (bicyclic) bond motifs is 1. The summed E-state index contributed by atoms with van der Waals surface area (Å²) in [5.41, 5.74) is 7.58. The predicted molar refractivity (Wildman–Crippen MR) is 67.6 cm³/mol. The molecule has 0 saturated carbocycles. The van der Waals surface area contributed by atoms with Gasteiger partial charge >= 0.3 is 5.97 Å². The minimum Gasteiger partial charge on any atom is -0.492 e. The monoisotopic (exact) mass is 249 g/mol. The molecule has 0 aliphatic heterocycles. The van der Waals surface area contributed by atoms with Crippen molar-refractivity contribution in [1.82, 2.24) is 9.97 Å². The highest BCUT2D eigenvalue weighted by Crippen LogP contribution is 2.29. The Morgan fingerprint density at radius 2 is 2.17 bits per heavy atom. The molecule has 1 aromatic heterocycles. The third-order valence-electron chi connectivity index (χ3n) is 2.43. The molecule has 1 heterocycles. The molecule has 0 radical (unpaired) electrons. The van der Waals surface area contributed by atoms with Crippen LogP contribution >= 0.6 is 0 Å². The van der Waals surface area contributed by atoms with E-state index in [1.807, 2.05) is 6.92 Å². The lowest BCUT2D eigenvalue weighted by molar-refractivity contribution is 0.0514. The van der Waals surface area contributed by atoms with Crippen LogP contribution in [0.1, 0.15) is 24.5 Å². The highest BCUT2D eigenvalue weighted by atomic mass is 16.5. The first-order chi connectivity index (χ1) is 8.67. The van der Waals surface area contributed by atoms with Crippen LogP contribution in [0.25, 0.3) is 11.0 Å². The molecule has 0 aliphatic rings. The largest absolute Gasteiger partial charge is 0.492 e. The summed E-state index contributed by atoms with van der Waals surface area (Å²) in [4.78, 5) is 18.5. The molecule has 0 aliphatic carbocycles. The first-order valence-electron chi connectivity index (χ1n) is 5.75. The quantitative estimate of drug-likeness (QED) is 0.636. The van der Waals surface area contributed by atoms with Gasteiger partial charge in [-0.25, -0.2) is 9.78 Å².